The van der Waals surface area contributed by atoms with Gasteiger partial charge in [-0.05, 0) is 26.0 Å². The number of methoxy groups -OCH3 is 1. The van der Waals surface area contributed by atoms with Gasteiger partial charge in [0, 0.05) is 13.5 Å². The van der Waals surface area contributed by atoms with E-state index in [1.54, 1.807) is 13.2 Å². The van der Waals surface area contributed by atoms with Gasteiger partial charge in [-0.15, -0.1) is 0 Å². The predicted molar refractivity (Wildman–Crippen MR) is 62.3 cm³/mol. The Morgan fingerprint density at radius 2 is 1.83 bits per heavy atom. The van der Waals surface area contributed by atoms with Crippen molar-refractivity contribution in [2.75, 3.05) is 13.7 Å². The Hall–Kier alpha value is -1.67. The van der Waals surface area contributed by atoms with E-state index in [4.69, 9.17) is 14.7 Å². The van der Waals surface area contributed by atoms with Crippen LogP contribution >= 0.6 is 0 Å². The van der Waals surface area contributed by atoms with E-state index in [0.29, 0.717) is 6.42 Å². The highest BCUT2D eigenvalue weighted by Crippen LogP contribution is 2.24. The van der Waals surface area contributed by atoms with Gasteiger partial charge in [0.15, 0.2) is 17.4 Å². The summed E-state index contributed by atoms with van der Waals surface area (Å²) < 4.78 is 37.1. The van der Waals surface area contributed by atoms with E-state index in [9.17, 15) is 8.78 Å². The van der Waals surface area contributed by atoms with Crippen molar-refractivity contribution in [2.45, 2.75) is 25.9 Å². The number of nitriles is 1. The maximum absolute atomic E-state index is 13.5. The lowest BCUT2D eigenvalue weighted by Gasteiger charge is -2.22. The van der Waals surface area contributed by atoms with E-state index < -0.39 is 23.0 Å². The van der Waals surface area contributed by atoms with Gasteiger partial charge < -0.3 is 9.47 Å². The van der Waals surface area contributed by atoms with Crippen LogP contribution in [0.4, 0.5) is 8.78 Å². The van der Waals surface area contributed by atoms with Gasteiger partial charge in [-0.2, -0.15) is 5.26 Å². The summed E-state index contributed by atoms with van der Waals surface area (Å²) in [6.45, 7) is 3.82. The minimum absolute atomic E-state index is 0.0745. The topological polar surface area (TPSA) is 42.2 Å². The second kappa shape index (κ2) is 5.78. The van der Waals surface area contributed by atoms with Gasteiger partial charge in [-0.1, -0.05) is 0 Å². The van der Waals surface area contributed by atoms with E-state index >= 15 is 0 Å². The molecule has 0 aliphatic rings. The first-order valence-electron chi connectivity index (χ1n) is 5.46. The molecule has 0 saturated heterocycles. The van der Waals surface area contributed by atoms with E-state index in [2.05, 4.69) is 0 Å². The number of benzene rings is 1. The third-order valence-corrected chi connectivity index (χ3v) is 2.63. The normalized spacial score (nSPS) is 11.1. The summed E-state index contributed by atoms with van der Waals surface area (Å²) in [7, 11) is 1.56. The van der Waals surface area contributed by atoms with Crippen LogP contribution in [0.2, 0.25) is 0 Å². The van der Waals surface area contributed by atoms with Gasteiger partial charge in [-0.25, -0.2) is 8.78 Å². The highest BCUT2D eigenvalue weighted by molar-refractivity contribution is 5.37. The molecule has 0 aliphatic heterocycles. The maximum atomic E-state index is 13.5. The maximum Gasteiger partial charge on any atom is 0.190 e. The average molecular weight is 255 g/mol. The third-order valence-electron chi connectivity index (χ3n) is 2.63. The van der Waals surface area contributed by atoms with Gasteiger partial charge in [0.25, 0.3) is 0 Å². The fourth-order valence-corrected chi connectivity index (χ4v) is 1.26. The molecule has 0 atom stereocenters. The van der Waals surface area contributed by atoms with E-state index in [1.807, 2.05) is 13.8 Å². The molecule has 1 rings (SSSR count). The number of halogens is 2. The van der Waals surface area contributed by atoms with Crippen LogP contribution in [0, 0.1) is 23.0 Å². The summed E-state index contributed by atoms with van der Waals surface area (Å²) in [4.78, 5) is 0. The molecule has 0 spiro atoms. The highest BCUT2D eigenvalue weighted by atomic mass is 19.1. The second-order valence-corrected chi connectivity index (χ2v) is 4.44. The minimum atomic E-state index is -0.873. The first-order valence-corrected chi connectivity index (χ1v) is 5.46. The van der Waals surface area contributed by atoms with Crippen molar-refractivity contribution < 1.29 is 18.3 Å². The average Bonchev–Trinajstić information content (AvgIpc) is 2.32. The number of hydrogen-bond donors (Lipinski definition) is 0. The molecule has 0 heterocycles. The summed E-state index contributed by atoms with van der Waals surface area (Å²) in [5, 5.41) is 8.55. The molecule has 98 valence electrons. The monoisotopic (exact) mass is 255 g/mol. The molecular weight excluding hydrogens is 240 g/mol. The molecule has 0 bridgehead atoms. The van der Waals surface area contributed by atoms with Gasteiger partial charge in [0.05, 0.1) is 23.8 Å². The van der Waals surface area contributed by atoms with Crippen molar-refractivity contribution in [3.8, 4) is 11.8 Å². The van der Waals surface area contributed by atoms with E-state index in [0.717, 1.165) is 12.1 Å². The molecule has 0 N–H and O–H groups in total. The molecule has 0 unspecified atom stereocenters. The molecular formula is C13H15F2NO2. The Morgan fingerprint density at radius 3 is 2.28 bits per heavy atom. The summed E-state index contributed by atoms with van der Waals surface area (Å²) in [6.07, 6.45) is 0.488. The zero-order valence-corrected chi connectivity index (χ0v) is 10.6. The largest absolute Gasteiger partial charge is 0.487 e. The highest BCUT2D eigenvalue weighted by Gasteiger charge is 2.18. The summed E-state index contributed by atoms with van der Waals surface area (Å²) in [6, 6.07) is 3.56. The lowest BCUT2D eigenvalue weighted by atomic mass is 10.1. The van der Waals surface area contributed by atoms with Crippen molar-refractivity contribution >= 4 is 0 Å². The first kappa shape index (κ1) is 14.4. The van der Waals surface area contributed by atoms with Gasteiger partial charge in [0.1, 0.15) is 0 Å². The summed E-state index contributed by atoms with van der Waals surface area (Å²) >= 11 is 0. The van der Waals surface area contributed by atoms with Crippen LogP contribution in [0.15, 0.2) is 12.1 Å². The molecule has 0 saturated carbocycles. The number of ether oxygens (including phenoxy) is 2. The Kier molecular flexibility index (Phi) is 4.62. The van der Waals surface area contributed by atoms with Gasteiger partial charge in [-0.3, -0.25) is 0 Å². The molecule has 18 heavy (non-hydrogen) atoms. The third kappa shape index (κ3) is 3.67. The van der Waals surface area contributed by atoms with E-state index in [1.165, 1.54) is 0 Å². The predicted octanol–water partition coefficient (Wildman–Crippen LogP) is 3.03. The van der Waals surface area contributed by atoms with Crippen LogP contribution in [-0.2, 0) is 4.74 Å². The van der Waals surface area contributed by atoms with Crippen LogP contribution in [0.25, 0.3) is 0 Å². The quantitative estimate of drug-likeness (QED) is 0.812. The van der Waals surface area contributed by atoms with Crippen molar-refractivity contribution in [2.24, 2.45) is 0 Å². The second-order valence-electron chi connectivity index (χ2n) is 4.44. The number of rotatable bonds is 5. The SMILES string of the molecule is COC(C)(C)CCOc1c(F)cc(C#N)cc1F. The van der Waals surface area contributed by atoms with Crippen molar-refractivity contribution in [1.82, 2.24) is 0 Å². The van der Waals surface area contributed by atoms with E-state index in [-0.39, 0.29) is 12.2 Å². The first-order chi connectivity index (χ1) is 8.39. The molecule has 0 aromatic heterocycles. The molecule has 0 radical (unpaired) electrons. The Labute approximate surface area is 105 Å². The van der Waals surface area contributed by atoms with Crippen molar-refractivity contribution in [1.29, 1.82) is 5.26 Å². The molecule has 1 aromatic carbocycles. The molecule has 1 aromatic rings. The molecule has 0 fully saturated rings. The number of nitrogens with zero attached hydrogens (tertiary/aromatic N) is 1. The molecule has 0 aliphatic carbocycles. The standard InChI is InChI=1S/C13H15F2NO2/c1-13(2,17-3)4-5-18-12-10(14)6-9(8-16)7-11(12)15/h6-7H,4-5H2,1-3H3. The molecule has 3 nitrogen and oxygen atoms in total. The lowest BCUT2D eigenvalue weighted by Crippen LogP contribution is -2.25. The lowest BCUT2D eigenvalue weighted by molar-refractivity contribution is 0.00478. The smallest absolute Gasteiger partial charge is 0.190 e. The zero-order chi connectivity index (χ0) is 13.8. The molecule has 0 amide bonds. The van der Waals surface area contributed by atoms with Gasteiger partial charge >= 0.3 is 0 Å². The molecule has 5 heteroatoms. The number of hydrogen-bond acceptors (Lipinski definition) is 3. The van der Waals surface area contributed by atoms with Crippen LogP contribution in [0.1, 0.15) is 25.8 Å². The minimum Gasteiger partial charge on any atom is -0.487 e. The fourth-order valence-electron chi connectivity index (χ4n) is 1.26. The summed E-state index contributed by atoms with van der Waals surface area (Å²) in [5.74, 6) is -2.20. The Morgan fingerprint density at radius 1 is 1.28 bits per heavy atom. The van der Waals surface area contributed by atoms with Crippen LogP contribution in [0.5, 0.6) is 5.75 Å². The van der Waals surface area contributed by atoms with Crippen molar-refractivity contribution in [3.05, 3.63) is 29.3 Å². The van der Waals surface area contributed by atoms with Crippen LogP contribution in [0.3, 0.4) is 0 Å². The Balaban J connectivity index is 2.72. The van der Waals surface area contributed by atoms with Crippen LogP contribution < -0.4 is 4.74 Å². The Bertz CT molecular complexity index is 444. The van der Waals surface area contributed by atoms with Crippen molar-refractivity contribution in [3.63, 3.8) is 0 Å². The fraction of sp³-hybridized carbons (Fsp3) is 0.462. The summed E-state index contributed by atoms with van der Waals surface area (Å²) in [5.41, 5.74) is -0.492. The zero-order valence-electron chi connectivity index (χ0n) is 10.6. The van der Waals surface area contributed by atoms with Gasteiger partial charge in [0.2, 0.25) is 0 Å². The van der Waals surface area contributed by atoms with Crippen LogP contribution in [-0.4, -0.2) is 19.3 Å².